The molecule has 0 fully saturated rings. The minimum atomic E-state index is 0.543. The highest BCUT2D eigenvalue weighted by Crippen LogP contribution is 2.22. The van der Waals surface area contributed by atoms with E-state index in [0.717, 1.165) is 48.8 Å². The Bertz CT molecular complexity index is 898. The summed E-state index contributed by atoms with van der Waals surface area (Å²) in [6.45, 7) is 4.69. The third kappa shape index (κ3) is 3.52. The summed E-state index contributed by atoms with van der Waals surface area (Å²) in [4.78, 5) is 20.1. The van der Waals surface area contributed by atoms with Gasteiger partial charge in [-0.15, -0.1) is 0 Å². The fraction of sp³-hybridized carbons (Fsp3) is 0.263. The molecule has 0 radical (unpaired) electrons. The lowest BCUT2D eigenvalue weighted by Crippen LogP contribution is -2.31. The summed E-state index contributed by atoms with van der Waals surface area (Å²) in [5, 5.41) is 0.543. The normalized spacial score (nSPS) is 14.3. The number of rotatable bonds is 3. The third-order valence-corrected chi connectivity index (χ3v) is 4.70. The molecule has 0 amide bonds. The first-order chi connectivity index (χ1) is 12.2. The third-order valence-electron chi connectivity index (χ3n) is 4.49. The molecule has 3 aromatic rings. The van der Waals surface area contributed by atoms with Crippen molar-refractivity contribution in [2.24, 2.45) is 0 Å². The van der Waals surface area contributed by atoms with Gasteiger partial charge in [0.25, 0.3) is 0 Å². The van der Waals surface area contributed by atoms with E-state index in [4.69, 9.17) is 16.6 Å². The molecule has 0 saturated heterocycles. The van der Waals surface area contributed by atoms with Crippen LogP contribution in [0.4, 0.5) is 0 Å². The van der Waals surface area contributed by atoms with E-state index in [-0.39, 0.29) is 0 Å². The van der Waals surface area contributed by atoms with Gasteiger partial charge in [0.05, 0.1) is 5.69 Å². The van der Waals surface area contributed by atoms with Crippen molar-refractivity contribution >= 4 is 11.6 Å². The van der Waals surface area contributed by atoms with Gasteiger partial charge in [-0.1, -0.05) is 17.7 Å². The van der Waals surface area contributed by atoms with Crippen molar-refractivity contribution in [2.45, 2.75) is 26.4 Å². The summed E-state index contributed by atoms with van der Waals surface area (Å²) in [5.74, 6) is 0.748. The van der Waals surface area contributed by atoms with Crippen molar-refractivity contribution in [3.63, 3.8) is 0 Å². The number of aryl methyl sites for hydroxylation is 1. The molecule has 0 N–H and O–H groups in total. The monoisotopic (exact) mass is 351 g/mol. The minimum Gasteiger partial charge on any atom is -0.294 e. The fourth-order valence-electron chi connectivity index (χ4n) is 3.11. The zero-order valence-corrected chi connectivity index (χ0v) is 14.7. The summed E-state index contributed by atoms with van der Waals surface area (Å²) in [6.07, 6.45) is 6.43. The van der Waals surface area contributed by atoms with Gasteiger partial charge in [-0.05, 0) is 30.7 Å². The van der Waals surface area contributed by atoms with E-state index in [1.165, 1.54) is 11.1 Å². The molecular formula is C19H18ClN5. The lowest BCUT2D eigenvalue weighted by atomic mass is 10.1. The zero-order valence-electron chi connectivity index (χ0n) is 14.0. The predicted molar refractivity (Wildman–Crippen MR) is 97.1 cm³/mol. The number of aromatic nitrogens is 4. The maximum Gasteiger partial charge on any atom is 0.160 e. The van der Waals surface area contributed by atoms with Crippen LogP contribution in [0.5, 0.6) is 0 Å². The van der Waals surface area contributed by atoms with Gasteiger partial charge in [-0.3, -0.25) is 9.88 Å². The standard InChI is InChI=1S/C19H18ClN5/c1-13-15(4-5-18(20)23-13)11-25-8-6-17-16(12-25)10-22-19(24-17)14-3-2-7-21-9-14/h2-5,7,9-10H,6,8,11-12H2,1H3. The maximum absolute atomic E-state index is 5.95. The topological polar surface area (TPSA) is 54.8 Å². The molecule has 0 saturated carbocycles. The Morgan fingerprint density at radius 2 is 2.08 bits per heavy atom. The van der Waals surface area contributed by atoms with Crippen LogP contribution in [0, 0.1) is 6.92 Å². The second-order valence-electron chi connectivity index (χ2n) is 6.25. The highest BCUT2D eigenvalue weighted by Gasteiger charge is 2.19. The molecule has 25 heavy (non-hydrogen) atoms. The Kier molecular flexibility index (Phi) is 4.42. The maximum atomic E-state index is 5.95. The van der Waals surface area contributed by atoms with Crippen LogP contribution in [-0.4, -0.2) is 31.4 Å². The second-order valence-corrected chi connectivity index (χ2v) is 6.63. The van der Waals surface area contributed by atoms with Gasteiger partial charge in [-0.25, -0.2) is 15.0 Å². The molecule has 0 aromatic carbocycles. The summed E-state index contributed by atoms with van der Waals surface area (Å²) >= 11 is 5.95. The molecule has 4 rings (SSSR count). The van der Waals surface area contributed by atoms with E-state index >= 15 is 0 Å². The Morgan fingerprint density at radius 1 is 1.16 bits per heavy atom. The van der Waals surface area contributed by atoms with Crippen LogP contribution < -0.4 is 0 Å². The number of hydrogen-bond donors (Lipinski definition) is 0. The summed E-state index contributed by atoms with van der Waals surface area (Å²) in [6, 6.07) is 7.80. The molecule has 0 atom stereocenters. The molecular weight excluding hydrogens is 334 g/mol. The van der Waals surface area contributed by atoms with Crippen LogP contribution in [0.25, 0.3) is 11.4 Å². The molecule has 0 bridgehead atoms. The van der Waals surface area contributed by atoms with Crippen LogP contribution in [0.3, 0.4) is 0 Å². The first-order valence-electron chi connectivity index (χ1n) is 8.28. The van der Waals surface area contributed by atoms with Crippen molar-refractivity contribution in [3.8, 4) is 11.4 Å². The van der Waals surface area contributed by atoms with E-state index in [0.29, 0.717) is 5.15 Å². The lowest BCUT2D eigenvalue weighted by molar-refractivity contribution is 0.242. The van der Waals surface area contributed by atoms with Crippen LogP contribution in [0.15, 0.2) is 42.9 Å². The molecule has 6 heteroatoms. The Balaban J connectivity index is 1.52. The van der Waals surface area contributed by atoms with Gasteiger partial charge in [-0.2, -0.15) is 0 Å². The molecule has 4 heterocycles. The predicted octanol–water partition coefficient (Wildman–Crippen LogP) is 3.45. The van der Waals surface area contributed by atoms with Crippen molar-refractivity contribution in [1.29, 1.82) is 0 Å². The number of pyridine rings is 2. The average molecular weight is 352 g/mol. The first kappa shape index (κ1) is 16.1. The largest absolute Gasteiger partial charge is 0.294 e. The molecule has 0 unspecified atom stereocenters. The highest BCUT2D eigenvalue weighted by atomic mass is 35.5. The summed E-state index contributed by atoms with van der Waals surface area (Å²) in [7, 11) is 0. The van der Waals surface area contributed by atoms with Crippen LogP contribution in [0.1, 0.15) is 22.5 Å². The van der Waals surface area contributed by atoms with E-state index in [1.54, 1.807) is 12.4 Å². The lowest BCUT2D eigenvalue weighted by Gasteiger charge is -2.28. The fourth-order valence-corrected chi connectivity index (χ4v) is 3.30. The van der Waals surface area contributed by atoms with Gasteiger partial charge >= 0.3 is 0 Å². The second kappa shape index (κ2) is 6.86. The van der Waals surface area contributed by atoms with Crippen molar-refractivity contribution < 1.29 is 0 Å². The molecule has 0 aliphatic carbocycles. The Morgan fingerprint density at radius 3 is 2.88 bits per heavy atom. The van der Waals surface area contributed by atoms with Gasteiger partial charge < -0.3 is 0 Å². The number of nitrogens with zero attached hydrogens (tertiary/aromatic N) is 5. The zero-order chi connectivity index (χ0) is 17.2. The van der Waals surface area contributed by atoms with Crippen molar-refractivity contribution in [3.05, 3.63) is 70.5 Å². The van der Waals surface area contributed by atoms with Gasteiger partial charge in [0.2, 0.25) is 0 Å². The molecule has 0 spiro atoms. The SMILES string of the molecule is Cc1nc(Cl)ccc1CN1CCc2nc(-c3cccnc3)ncc2C1. The molecule has 1 aliphatic rings. The van der Waals surface area contributed by atoms with Gasteiger partial charge in [0, 0.05) is 61.5 Å². The number of halogens is 1. The molecule has 5 nitrogen and oxygen atoms in total. The van der Waals surface area contributed by atoms with E-state index < -0.39 is 0 Å². The quantitative estimate of drug-likeness (QED) is 0.676. The molecule has 3 aromatic heterocycles. The van der Waals surface area contributed by atoms with Crippen LogP contribution in [0.2, 0.25) is 5.15 Å². The van der Waals surface area contributed by atoms with Gasteiger partial charge in [0.1, 0.15) is 5.15 Å². The van der Waals surface area contributed by atoms with Crippen LogP contribution >= 0.6 is 11.6 Å². The first-order valence-corrected chi connectivity index (χ1v) is 8.66. The van der Waals surface area contributed by atoms with Crippen LogP contribution in [-0.2, 0) is 19.5 Å². The van der Waals surface area contributed by atoms with Gasteiger partial charge in [0.15, 0.2) is 5.82 Å². The number of fused-ring (bicyclic) bond motifs is 1. The summed E-state index contributed by atoms with van der Waals surface area (Å²) in [5.41, 5.74) is 5.48. The summed E-state index contributed by atoms with van der Waals surface area (Å²) < 4.78 is 0. The van der Waals surface area contributed by atoms with E-state index in [9.17, 15) is 0 Å². The highest BCUT2D eigenvalue weighted by molar-refractivity contribution is 6.29. The van der Waals surface area contributed by atoms with Crippen molar-refractivity contribution in [2.75, 3.05) is 6.54 Å². The minimum absolute atomic E-state index is 0.543. The van der Waals surface area contributed by atoms with E-state index in [1.807, 2.05) is 31.3 Å². The Labute approximate surface area is 151 Å². The average Bonchev–Trinajstić information content (AvgIpc) is 2.64. The van der Waals surface area contributed by atoms with Crippen molar-refractivity contribution in [1.82, 2.24) is 24.8 Å². The Hall–Kier alpha value is -2.37. The van der Waals surface area contributed by atoms with E-state index in [2.05, 4.69) is 25.9 Å². The smallest absolute Gasteiger partial charge is 0.160 e. The molecule has 126 valence electrons. The number of hydrogen-bond acceptors (Lipinski definition) is 5. The molecule has 1 aliphatic heterocycles.